The maximum absolute atomic E-state index is 12.4. The van der Waals surface area contributed by atoms with Crippen molar-refractivity contribution >= 4 is 38.9 Å². The maximum Gasteiger partial charge on any atom is 0.244 e. The molecular weight excluding hydrogens is 333 g/mol. The quantitative estimate of drug-likeness (QED) is 0.771. The summed E-state index contributed by atoms with van der Waals surface area (Å²) >= 11 is 11.8. The van der Waals surface area contributed by atoms with Gasteiger partial charge in [0, 0.05) is 23.7 Å². The third-order valence-corrected chi connectivity index (χ3v) is 5.86. The fourth-order valence-electron chi connectivity index (χ4n) is 2.15. The van der Waals surface area contributed by atoms with E-state index in [0.29, 0.717) is 17.6 Å². The highest BCUT2D eigenvalue weighted by molar-refractivity contribution is 7.89. The predicted molar refractivity (Wildman–Crippen MR) is 86.3 cm³/mol. The van der Waals surface area contributed by atoms with E-state index in [0.717, 1.165) is 0 Å². The summed E-state index contributed by atoms with van der Waals surface area (Å²) in [5.41, 5.74) is 5.78. The van der Waals surface area contributed by atoms with Crippen molar-refractivity contribution in [1.82, 2.24) is 9.62 Å². The van der Waals surface area contributed by atoms with Gasteiger partial charge in [-0.1, -0.05) is 23.2 Å². The molecule has 0 saturated heterocycles. The Kier molecular flexibility index (Phi) is 5.05. The SMILES string of the molecule is CC(CNS(=O)(=O)c1c(N)cc(Cl)cc1Cl)N(C)C1CC1. The Morgan fingerprint density at radius 2 is 2.05 bits per heavy atom. The zero-order valence-electron chi connectivity index (χ0n) is 11.9. The minimum Gasteiger partial charge on any atom is -0.398 e. The van der Waals surface area contributed by atoms with Crippen LogP contribution in [0.15, 0.2) is 17.0 Å². The van der Waals surface area contributed by atoms with Crippen LogP contribution in [0.5, 0.6) is 0 Å². The molecule has 3 N–H and O–H groups in total. The summed E-state index contributed by atoms with van der Waals surface area (Å²) in [6.45, 7) is 2.28. The molecule has 0 aliphatic heterocycles. The van der Waals surface area contributed by atoms with Gasteiger partial charge in [0.05, 0.1) is 10.7 Å². The molecule has 118 valence electrons. The molecule has 1 saturated carbocycles. The minimum atomic E-state index is -3.76. The van der Waals surface area contributed by atoms with E-state index in [9.17, 15) is 8.42 Å². The largest absolute Gasteiger partial charge is 0.398 e. The fourth-order valence-corrected chi connectivity index (χ4v) is 4.26. The van der Waals surface area contributed by atoms with Gasteiger partial charge in [0.25, 0.3) is 0 Å². The lowest BCUT2D eigenvalue weighted by Crippen LogP contribution is -2.41. The molecule has 0 aromatic heterocycles. The van der Waals surface area contributed by atoms with E-state index in [-0.39, 0.29) is 21.6 Å². The summed E-state index contributed by atoms with van der Waals surface area (Å²) < 4.78 is 27.3. The lowest BCUT2D eigenvalue weighted by atomic mass is 10.3. The predicted octanol–water partition coefficient (Wildman–Crippen LogP) is 2.34. The second-order valence-electron chi connectivity index (χ2n) is 5.40. The molecule has 1 fully saturated rings. The Bertz CT molecular complexity index is 609. The van der Waals surface area contributed by atoms with Gasteiger partial charge in [0.2, 0.25) is 10.0 Å². The van der Waals surface area contributed by atoms with E-state index >= 15 is 0 Å². The van der Waals surface area contributed by atoms with Crippen molar-refractivity contribution in [2.45, 2.75) is 36.7 Å². The molecule has 0 radical (unpaired) electrons. The fraction of sp³-hybridized carbons (Fsp3) is 0.538. The number of nitrogen functional groups attached to an aromatic ring is 1. The second-order valence-corrected chi connectivity index (χ2v) is 7.95. The number of hydrogen-bond donors (Lipinski definition) is 2. The highest BCUT2D eigenvalue weighted by Crippen LogP contribution is 2.31. The van der Waals surface area contributed by atoms with Crippen LogP contribution in [0.4, 0.5) is 5.69 Å². The molecule has 0 heterocycles. The molecule has 21 heavy (non-hydrogen) atoms. The van der Waals surface area contributed by atoms with Gasteiger partial charge in [-0.2, -0.15) is 0 Å². The summed E-state index contributed by atoms with van der Waals surface area (Å²) in [6.07, 6.45) is 2.34. The lowest BCUT2D eigenvalue weighted by Gasteiger charge is -2.24. The number of sulfonamides is 1. The van der Waals surface area contributed by atoms with Gasteiger partial charge in [0.15, 0.2) is 0 Å². The Labute approximate surface area is 135 Å². The number of likely N-dealkylation sites (N-methyl/N-ethyl adjacent to an activating group) is 1. The van der Waals surface area contributed by atoms with Crippen LogP contribution in [-0.2, 0) is 10.0 Å². The van der Waals surface area contributed by atoms with Crippen LogP contribution < -0.4 is 10.5 Å². The number of anilines is 1. The van der Waals surface area contributed by atoms with Crippen molar-refractivity contribution in [3.8, 4) is 0 Å². The van der Waals surface area contributed by atoms with E-state index in [1.54, 1.807) is 0 Å². The number of rotatable bonds is 6. The summed E-state index contributed by atoms with van der Waals surface area (Å²) in [7, 11) is -1.76. The molecule has 1 aromatic carbocycles. The molecule has 0 bridgehead atoms. The average Bonchev–Trinajstić information content (AvgIpc) is 3.17. The zero-order chi connectivity index (χ0) is 15.8. The average molecular weight is 352 g/mol. The van der Waals surface area contributed by atoms with Gasteiger partial charge in [0.1, 0.15) is 4.90 Å². The summed E-state index contributed by atoms with van der Waals surface area (Å²) in [5.74, 6) is 0. The molecule has 1 aliphatic rings. The minimum absolute atomic E-state index is 0.0238. The highest BCUT2D eigenvalue weighted by Gasteiger charge is 2.30. The number of nitrogens with one attached hydrogen (secondary N) is 1. The Hall–Kier alpha value is -0.530. The van der Waals surface area contributed by atoms with Crippen LogP contribution in [0.3, 0.4) is 0 Å². The molecule has 5 nitrogen and oxygen atoms in total. The van der Waals surface area contributed by atoms with E-state index in [1.807, 2.05) is 14.0 Å². The van der Waals surface area contributed by atoms with Crippen molar-refractivity contribution in [3.05, 3.63) is 22.2 Å². The first-order chi connectivity index (χ1) is 9.72. The molecule has 0 amide bonds. The van der Waals surface area contributed by atoms with Crippen molar-refractivity contribution in [2.75, 3.05) is 19.3 Å². The Morgan fingerprint density at radius 3 is 2.57 bits per heavy atom. The third kappa shape index (κ3) is 4.02. The summed E-state index contributed by atoms with van der Waals surface area (Å²) in [6, 6.07) is 3.41. The Morgan fingerprint density at radius 1 is 1.43 bits per heavy atom. The molecular formula is C13H19Cl2N3O2S. The molecule has 1 atom stereocenters. The number of hydrogen-bond acceptors (Lipinski definition) is 4. The van der Waals surface area contributed by atoms with Crippen LogP contribution in [0.25, 0.3) is 0 Å². The highest BCUT2D eigenvalue weighted by atomic mass is 35.5. The van der Waals surface area contributed by atoms with Crippen LogP contribution in [-0.4, -0.2) is 39.0 Å². The first-order valence-electron chi connectivity index (χ1n) is 6.68. The van der Waals surface area contributed by atoms with Crippen molar-refractivity contribution in [2.24, 2.45) is 0 Å². The van der Waals surface area contributed by atoms with Crippen molar-refractivity contribution < 1.29 is 8.42 Å². The topological polar surface area (TPSA) is 75.4 Å². The summed E-state index contributed by atoms with van der Waals surface area (Å²) in [5, 5.41) is 0.328. The standard InChI is InChI=1S/C13H19Cl2N3O2S/c1-8(18(2)10-3-4-10)7-17-21(19,20)13-11(15)5-9(14)6-12(13)16/h5-6,8,10,17H,3-4,7,16H2,1-2H3. The van der Waals surface area contributed by atoms with Crippen LogP contribution >= 0.6 is 23.2 Å². The number of halogens is 2. The van der Waals surface area contributed by atoms with E-state index in [1.165, 1.54) is 25.0 Å². The van der Waals surface area contributed by atoms with Crippen LogP contribution in [0.2, 0.25) is 10.0 Å². The monoisotopic (exact) mass is 351 g/mol. The van der Waals surface area contributed by atoms with E-state index in [4.69, 9.17) is 28.9 Å². The van der Waals surface area contributed by atoms with Gasteiger partial charge < -0.3 is 5.73 Å². The zero-order valence-corrected chi connectivity index (χ0v) is 14.3. The lowest BCUT2D eigenvalue weighted by molar-refractivity contribution is 0.248. The van der Waals surface area contributed by atoms with Crippen LogP contribution in [0.1, 0.15) is 19.8 Å². The normalized spacial score (nSPS) is 17.2. The molecule has 0 spiro atoms. The van der Waals surface area contributed by atoms with Gasteiger partial charge in [-0.3, -0.25) is 4.90 Å². The molecule has 8 heteroatoms. The smallest absolute Gasteiger partial charge is 0.244 e. The van der Waals surface area contributed by atoms with Crippen molar-refractivity contribution in [3.63, 3.8) is 0 Å². The van der Waals surface area contributed by atoms with Gasteiger partial charge in [-0.05, 0) is 38.9 Å². The second kappa shape index (κ2) is 6.30. The maximum atomic E-state index is 12.4. The number of benzene rings is 1. The van der Waals surface area contributed by atoms with Crippen molar-refractivity contribution in [1.29, 1.82) is 0 Å². The summed E-state index contributed by atoms with van der Waals surface area (Å²) in [4.78, 5) is 2.06. The third-order valence-electron chi connectivity index (χ3n) is 3.69. The first-order valence-corrected chi connectivity index (χ1v) is 8.92. The molecule has 1 aromatic rings. The number of nitrogens with two attached hydrogens (primary N) is 1. The van der Waals surface area contributed by atoms with E-state index in [2.05, 4.69) is 9.62 Å². The van der Waals surface area contributed by atoms with Gasteiger partial charge in [-0.15, -0.1) is 0 Å². The molecule has 1 aliphatic carbocycles. The Balaban J connectivity index is 2.11. The van der Waals surface area contributed by atoms with Gasteiger partial charge >= 0.3 is 0 Å². The molecule has 1 unspecified atom stereocenters. The molecule has 2 rings (SSSR count). The van der Waals surface area contributed by atoms with E-state index < -0.39 is 10.0 Å². The number of nitrogens with zero attached hydrogens (tertiary/aromatic N) is 1. The van der Waals surface area contributed by atoms with Gasteiger partial charge in [-0.25, -0.2) is 13.1 Å². The van der Waals surface area contributed by atoms with Crippen LogP contribution in [0, 0.1) is 0 Å². The first kappa shape index (κ1) is 16.8.